The van der Waals surface area contributed by atoms with E-state index >= 15 is 0 Å². The van der Waals surface area contributed by atoms with Crippen LogP contribution in [-0.2, 0) is 16.0 Å². The minimum atomic E-state index is -0.469. The summed E-state index contributed by atoms with van der Waals surface area (Å²) in [7, 11) is 0. The second-order valence-corrected chi connectivity index (χ2v) is 7.69. The van der Waals surface area contributed by atoms with E-state index in [0.717, 1.165) is 30.5 Å². The number of nitrogens with one attached hydrogen (secondary N) is 1. The third-order valence-corrected chi connectivity index (χ3v) is 5.86. The molecule has 0 saturated heterocycles. The first-order valence-corrected chi connectivity index (χ1v) is 9.70. The van der Waals surface area contributed by atoms with Crippen LogP contribution in [-0.4, -0.2) is 22.8 Å². The zero-order valence-electron chi connectivity index (χ0n) is 14.0. The van der Waals surface area contributed by atoms with Crippen LogP contribution in [0.4, 0.5) is 10.8 Å². The molecule has 1 aliphatic heterocycles. The maximum Gasteiger partial charge on any atom is 0.249 e. The van der Waals surface area contributed by atoms with Gasteiger partial charge in [0.05, 0.1) is 6.42 Å². The highest BCUT2D eigenvalue weighted by Crippen LogP contribution is 2.36. The summed E-state index contributed by atoms with van der Waals surface area (Å²) in [4.78, 5) is 31.6. The molecule has 5 nitrogen and oxygen atoms in total. The Bertz CT molecular complexity index is 769. The van der Waals surface area contributed by atoms with E-state index in [0.29, 0.717) is 17.5 Å². The summed E-state index contributed by atoms with van der Waals surface area (Å²) < 4.78 is 0. The summed E-state index contributed by atoms with van der Waals surface area (Å²) in [5.41, 5.74) is 1.88. The Hall–Kier alpha value is -2.21. The largest absolute Gasteiger partial charge is 0.300 e. The summed E-state index contributed by atoms with van der Waals surface area (Å²) in [5, 5.41) is 5.31. The van der Waals surface area contributed by atoms with Crippen molar-refractivity contribution in [3.8, 4) is 0 Å². The Morgan fingerprint density at radius 3 is 2.88 bits per heavy atom. The molecule has 0 bridgehead atoms. The van der Waals surface area contributed by atoms with Crippen molar-refractivity contribution >= 4 is 34.0 Å². The Balaban J connectivity index is 1.62. The van der Waals surface area contributed by atoms with Gasteiger partial charge in [-0.15, -0.1) is 11.3 Å². The van der Waals surface area contributed by atoms with Crippen molar-refractivity contribution in [2.75, 3.05) is 10.2 Å². The van der Waals surface area contributed by atoms with Gasteiger partial charge in [-0.05, 0) is 24.0 Å². The first-order chi connectivity index (χ1) is 12.2. The molecule has 6 heteroatoms. The molecule has 1 unspecified atom stereocenters. The van der Waals surface area contributed by atoms with Crippen molar-refractivity contribution in [2.45, 2.75) is 44.6 Å². The van der Waals surface area contributed by atoms with Crippen LogP contribution >= 0.6 is 11.3 Å². The number of thiazole rings is 1. The molecule has 2 aromatic rings. The molecule has 2 heterocycles. The maximum atomic E-state index is 13.0. The molecule has 2 amide bonds. The van der Waals surface area contributed by atoms with Crippen LogP contribution in [0.25, 0.3) is 0 Å². The fraction of sp³-hybridized carbons (Fsp3) is 0.421. The zero-order valence-corrected chi connectivity index (χ0v) is 14.8. The molecular weight excluding hydrogens is 334 g/mol. The molecule has 1 N–H and O–H groups in total. The van der Waals surface area contributed by atoms with Crippen molar-refractivity contribution < 1.29 is 9.59 Å². The molecule has 4 rings (SSSR count). The van der Waals surface area contributed by atoms with Crippen LogP contribution in [0.1, 0.15) is 37.7 Å². The summed E-state index contributed by atoms with van der Waals surface area (Å²) in [5.74, 6) is 0.387. The monoisotopic (exact) mass is 355 g/mol. The molecule has 1 fully saturated rings. The number of fused-ring (bicyclic) bond motifs is 1. The lowest BCUT2D eigenvalue weighted by Crippen LogP contribution is -2.47. The second-order valence-electron chi connectivity index (χ2n) is 6.80. The number of amides is 2. The first-order valence-electron chi connectivity index (χ1n) is 8.82. The predicted molar refractivity (Wildman–Crippen MR) is 98.7 cm³/mol. The molecule has 2 aliphatic rings. The molecular formula is C19H21N3O2S. The second kappa shape index (κ2) is 6.96. The summed E-state index contributed by atoms with van der Waals surface area (Å²) in [6.45, 7) is 0. The van der Waals surface area contributed by atoms with E-state index in [1.807, 2.05) is 29.6 Å². The number of rotatable bonds is 5. The van der Waals surface area contributed by atoms with Crippen LogP contribution in [0.2, 0.25) is 0 Å². The molecule has 25 heavy (non-hydrogen) atoms. The summed E-state index contributed by atoms with van der Waals surface area (Å²) in [6.07, 6.45) is 7.49. The number of hydrogen-bond acceptors (Lipinski definition) is 4. The maximum absolute atomic E-state index is 13.0. The number of benzene rings is 1. The molecule has 1 saturated carbocycles. The van der Waals surface area contributed by atoms with Gasteiger partial charge in [0.2, 0.25) is 11.8 Å². The Morgan fingerprint density at radius 2 is 2.12 bits per heavy atom. The van der Waals surface area contributed by atoms with Crippen molar-refractivity contribution in [1.82, 2.24) is 4.98 Å². The zero-order chi connectivity index (χ0) is 17.2. The number of aromatic nitrogens is 1. The SMILES string of the molecule is O=C(Nc1nccs1)C(CC1CCCC1)N1C(=O)Cc2ccccc21. The molecule has 1 aromatic carbocycles. The number of nitrogens with zero attached hydrogens (tertiary/aromatic N) is 2. The fourth-order valence-electron chi connectivity index (χ4n) is 3.98. The lowest BCUT2D eigenvalue weighted by atomic mass is 9.96. The number of hydrogen-bond donors (Lipinski definition) is 1. The van der Waals surface area contributed by atoms with Gasteiger partial charge in [-0.25, -0.2) is 4.98 Å². The van der Waals surface area contributed by atoms with Gasteiger partial charge < -0.3 is 5.32 Å². The lowest BCUT2D eigenvalue weighted by Gasteiger charge is -2.29. The predicted octanol–water partition coefficient (Wildman–Crippen LogP) is 3.62. The van der Waals surface area contributed by atoms with Crippen LogP contribution in [0, 0.1) is 5.92 Å². The fourth-order valence-corrected chi connectivity index (χ4v) is 4.52. The van der Waals surface area contributed by atoms with Gasteiger partial charge >= 0.3 is 0 Å². The molecule has 1 atom stereocenters. The number of carbonyl (C=O) groups excluding carboxylic acids is 2. The first kappa shape index (κ1) is 16.3. The molecule has 1 aromatic heterocycles. The van der Waals surface area contributed by atoms with E-state index in [1.54, 1.807) is 11.1 Å². The number of carbonyl (C=O) groups is 2. The number of anilines is 2. The smallest absolute Gasteiger partial charge is 0.249 e. The van der Waals surface area contributed by atoms with E-state index in [1.165, 1.54) is 24.2 Å². The lowest BCUT2D eigenvalue weighted by molar-refractivity contribution is -0.123. The Morgan fingerprint density at radius 1 is 1.32 bits per heavy atom. The van der Waals surface area contributed by atoms with Crippen LogP contribution < -0.4 is 10.2 Å². The van der Waals surface area contributed by atoms with Crippen molar-refractivity contribution in [2.24, 2.45) is 5.92 Å². The van der Waals surface area contributed by atoms with E-state index in [-0.39, 0.29) is 11.8 Å². The van der Waals surface area contributed by atoms with Gasteiger partial charge in [0.1, 0.15) is 6.04 Å². The van der Waals surface area contributed by atoms with Gasteiger partial charge in [0.25, 0.3) is 0 Å². The van der Waals surface area contributed by atoms with Crippen molar-refractivity contribution in [1.29, 1.82) is 0 Å². The van der Waals surface area contributed by atoms with Gasteiger partial charge in [-0.1, -0.05) is 43.9 Å². The third kappa shape index (κ3) is 3.31. The summed E-state index contributed by atoms with van der Waals surface area (Å²) >= 11 is 1.39. The van der Waals surface area contributed by atoms with E-state index in [2.05, 4.69) is 10.3 Å². The average molecular weight is 355 g/mol. The van der Waals surface area contributed by atoms with Crippen LogP contribution in [0.5, 0.6) is 0 Å². The molecule has 0 spiro atoms. The molecule has 130 valence electrons. The van der Waals surface area contributed by atoms with Gasteiger partial charge in [0.15, 0.2) is 5.13 Å². The van der Waals surface area contributed by atoms with Crippen molar-refractivity contribution in [3.05, 3.63) is 41.4 Å². The highest BCUT2D eigenvalue weighted by molar-refractivity contribution is 7.13. The average Bonchev–Trinajstić information content (AvgIpc) is 3.33. The number of para-hydroxylation sites is 1. The molecule has 1 aliphatic carbocycles. The van der Waals surface area contributed by atoms with Crippen molar-refractivity contribution in [3.63, 3.8) is 0 Å². The van der Waals surface area contributed by atoms with Gasteiger partial charge in [-0.3, -0.25) is 14.5 Å². The molecule has 0 radical (unpaired) electrons. The van der Waals surface area contributed by atoms with E-state index < -0.39 is 6.04 Å². The van der Waals surface area contributed by atoms with Gasteiger partial charge in [-0.2, -0.15) is 0 Å². The normalized spacial score (nSPS) is 18.4. The summed E-state index contributed by atoms with van der Waals surface area (Å²) in [6, 6.07) is 7.31. The quantitative estimate of drug-likeness (QED) is 0.891. The van der Waals surface area contributed by atoms with Crippen LogP contribution in [0.3, 0.4) is 0 Å². The van der Waals surface area contributed by atoms with E-state index in [9.17, 15) is 9.59 Å². The third-order valence-electron chi connectivity index (χ3n) is 5.17. The Labute approximate surface area is 151 Å². The highest BCUT2D eigenvalue weighted by atomic mass is 32.1. The standard InChI is InChI=1S/C19H21N3O2S/c23-17-12-14-7-3-4-8-15(14)22(17)16(11-13-5-1-2-6-13)18(24)21-19-20-9-10-25-19/h3-4,7-10,13,16H,1-2,5-6,11-12H2,(H,20,21,24). The van der Waals surface area contributed by atoms with Gasteiger partial charge in [0, 0.05) is 17.3 Å². The minimum Gasteiger partial charge on any atom is -0.300 e. The van der Waals surface area contributed by atoms with Crippen LogP contribution in [0.15, 0.2) is 35.8 Å². The Kier molecular flexibility index (Phi) is 4.53. The minimum absolute atomic E-state index is 0.0125. The topological polar surface area (TPSA) is 62.3 Å². The van der Waals surface area contributed by atoms with E-state index in [4.69, 9.17) is 0 Å². The highest BCUT2D eigenvalue weighted by Gasteiger charge is 2.38.